The second-order valence-corrected chi connectivity index (χ2v) is 7.94. The summed E-state index contributed by atoms with van der Waals surface area (Å²) < 4.78 is 0. The number of allylic oxidation sites excluding steroid dienone is 2. The van der Waals surface area contributed by atoms with Gasteiger partial charge >= 0.3 is 5.69 Å². The number of aromatic amines is 2. The summed E-state index contributed by atoms with van der Waals surface area (Å²) >= 11 is 0. The summed E-state index contributed by atoms with van der Waals surface area (Å²) in [4.78, 5) is 52.9. The van der Waals surface area contributed by atoms with Gasteiger partial charge in [-0.25, -0.2) is 4.79 Å². The maximum absolute atomic E-state index is 13.0. The lowest BCUT2D eigenvalue weighted by Gasteiger charge is -2.38. The molecule has 1 aliphatic carbocycles. The zero-order chi connectivity index (χ0) is 20.2. The largest absolute Gasteiger partial charge is 0.344 e. The van der Waals surface area contributed by atoms with Crippen molar-refractivity contribution in [1.29, 1.82) is 0 Å². The second-order valence-electron chi connectivity index (χ2n) is 7.94. The number of aromatic nitrogens is 2. The van der Waals surface area contributed by atoms with Crippen LogP contribution in [0, 0.1) is 15.5 Å². The van der Waals surface area contributed by atoms with Gasteiger partial charge in [0.15, 0.2) is 5.78 Å². The van der Waals surface area contributed by atoms with Crippen LogP contribution in [0.1, 0.15) is 43.7 Å². The lowest BCUT2D eigenvalue weighted by molar-refractivity contribution is -0.384. The molecule has 9 heteroatoms. The highest BCUT2D eigenvalue weighted by Crippen LogP contribution is 2.47. The van der Waals surface area contributed by atoms with Crippen LogP contribution in [-0.4, -0.2) is 20.7 Å². The van der Waals surface area contributed by atoms with Gasteiger partial charge in [-0.3, -0.25) is 29.7 Å². The first-order chi connectivity index (χ1) is 13.2. The zero-order valence-corrected chi connectivity index (χ0v) is 15.3. The molecule has 4 rings (SSSR count). The van der Waals surface area contributed by atoms with Crippen molar-refractivity contribution in [2.24, 2.45) is 5.41 Å². The van der Waals surface area contributed by atoms with Crippen LogP contribution in [0.2, 0.25) is 0 Å². The van der Waals surface area contributed by atoms with Crippen LogP contribution in [0.3, 0.4) is 0 Å². The smallest absolute Gasteiger partial charge is 0.327 e. The van der Waals surface area contributed by atoms with Crippen molar-refractivity contribution in [2.45, 2.75) is 32.6 Å². The number of nitrogens with zero attached hydrogens (tertiary/aromatic N) is 1. The van der Waals surface area contributed by atoms with Crippen LogP contribution in [0.25, 0.3) is 0 Å². The third-order valence-electron chi connectivity index (χ3n) is 5.17. The SMILES string of the molecule is CC1(C)CC(=O)C2=C(C1)Nc1[nH]c(=O)[nH]c(=O)c1[C@H]2c1cccc([N+](=O)[O-])c1. The number of hydrogen-bond acceptors (Lipinski definition) is 6. The van der Waals surface area contributed by atoms with Gasteiger partial charge in [0, 0.05) is 35.7 Å². The molecule has 2 aliphatic rings. The quantitative estimate of drug-likeness (QED) is 0.537. The van der Waals surface area contributed by atoms with Gasteiger partial charge in [0.25, 0.3) is 11.2 Å². The fraction of sp³-hybridized carbons (Fsp3) is 0.316. The summed E-state index contributed by atoms with van der Waals surface area (Å²) in [6, 6.07) is 5.88. The topological polar surface area (TPSA) is 138 Å². The number of hydrogen-bond donors (Lipinski definition) is 3. The highest BCUT2D eigenvalue weighted by molar-refractivity contribution is 6.01. The van der Waals surface area contributed by atoms with Crippen LogP contribution >= 0.6 is 0 Å². The molecule has 0 saturated heterocycles. The normalized spacial score (nSPS) is 20.2. The van der Waals surface area contributed by atoms with E-state index in [1.807, 2.05) is 13.8 Å². The van der Waals surface area contributed by atoms with E-state index >= 15 is 0 Å². The standard InChI is InChI=1S/C19H18N4O5/c1-19(2)7-11-14(12(24)8-19)13(9-4-3-5-10(6-9)23(27)28)15-16(20-11)21-18(26)22-17(15)25/h3-6,13H,7-8H2,1-2H3,(H3,20,21,22,25,26)/t13-/m0/s1. The number of rotatable bonds is 2. The third-order valence-corrected chi connectivity index (χ3v) is 5.17. The molecule has 0 radical (unpaired) electrons. The number of carbonyl (C=O) groups is 1. The molecule has 0 amide bonds. The van der Waals surface area contributed by atoms with E-state index in [1.54, 1.807) is 6.07 Å². The number of ketones is 1. The molecule has 1 aromatic heterocycles. The Balaban J connectivity index is 2.01. The summed E-state index contributed by atoms with van der Waals surface area (Å²) in [6.45, 7) is 3.93. The molecule has 144 valence electrons. The first kappa shape index (κ1) is 17.9. The molecule has 0 spiro atoms. The fourth-order valence-electron chi connectivity index (χ4n) is 4.10. The molecule has 0 bridgehead atoms. The molecule has 9 nitrogen and oxygen atoms in total. The van der Waals surface area contributed by atoms with Crippen LogP contribution in [0.15, 0.2) is 45.1 Å². The molecule has 1 atom stereocenters. The maximum atomic E-state index is 13.0. The zero-order valence-electron chi connectivity index (χ0n) is 15.3. The fourth-order valence-corrected chi connectivity index (χ4v) is 4.10. The lowest BCUT2D eigenvalue weighted by Crippen LogP contribution is -2.38. The van der Waals surface area contributed by atoms with E-state index < -0.39 is 22.1 Å². The Morgan fingerprint density at radius 2 is 1.89 bits per heavy atom. The first-order valence-corrected chi connectivity index (χ1v) is 8.80. The minimum absolute atomic E-state index is 0.119. The minimum Gasteiger partial charge on any atom is -0.344 e. The van der Waals surface area contributed by atoms with Crippen LogP contribution < -0.4 is 16.6 Å². The highest BCUT2D eigenvalue weighted by atomic mass is 16.6. The monoisotopic (exact) mass is 382 g/mol. The minimum atomic E-state index is -0.796. The van der Waals surface area contributed by atoms with E-state index in [4.69, 9.17) is 0 Å². The lowest BCUT2D eigenvalue weighted by atomic mass is 9.69. The Morgan fingerprint density at radius 1 is 1.14 bits per heavy atom. The second kappa shape index (κ2) is 6.01. The van der Waals surface area contributed by atoms with Crippen molar-refractivity contribution in [3.05, 3.63) is 77.6 Å². The molecule has 0 saturated carbocycles. The third kappa shape index (κ3) is 2.84. The van der Waals surface area contributed by atoms with Crippen molar-refractivity contribution < 1.29 is 9.72 Å². The van der Waals surface area contributed by atoms with Crippen molar-refractivity contribution >= 4 is 17.3 Å². The molecular weight excluding hydrogens is 364 g/mol. The Hall–Kier alpha value is -3.49. The summed E-state index contributed by atoms with van der Waals surface area (Å²) in [5.41, 5.74) is -0.0382. The van der Waals surface area contributed by atoms with Crippen molar-refractivity contribution in [3.8, 4) is 0 Å². The number of H-pyrrole nitrogens is 2. The van der Waals surface area contributed by atoms with Gasteiger partial charge in [0.2, 0.25) is 0 Å². The Bertz CT molecular complexity index is 1170. The van der Waals surface area contributed by atoms with E-state index in [1.165, 1.54) is 18.2 Å². The summed E-state index contributed by atoms with van der Waals surface area (Å²) in [5.74, 6) is -0.698. The van der Waals surface area contributed by atoms with E-state index in [-0.39, 0.29) is 28.3 Å². The van der Waals surface area contributed by atoms with Gasteiger partial charge in [0.1, 0.15) is 5.82 Å². The Morgan fingerprint density at radius 3 is 2.61 bits per heavy atom. The molecule has 28 heavy (non-hydrogen) atoms. The Labute approximate surface area is 158 Å². The van der Waals surface area contributed by atoms with Crippen LogP contribution in [0.4, 0.5) is 11.5 Å². The van der Waals surface area contributed by atoms with Crippen molar-refractivity contribution in [2.75, 3.05) is 5.32 Å². The van der Waals surface area contributed by atoms with Gasteiger partial charge < -0.3 is 5.32 Å². The van der Waals surface area contributed by atoms with Crippen LogP contribution in [-0.2, 0) is 4.79 Å². The molecule has 0 unspecified atom stereocenters. The van der Waals surface area contributed by atoms with Gasteiger partial charge in [-0.05, 0) is 17.4 Å². The van der Waals surface area contributed by atoms with Gasteiger partial charge in [0.05, 0.1) is 10.5 Å². The number of nitro benzene ring substituents is 1. The highest BCUT2D eigenvalue weighted by Gasteiger charge is 2.42. The predicted octanol–water partition coefficient (Wildman–Crippen LogP) is 2.17. The first-order valence-electron chi connectivity index (χ1n) is 8.80. The number of nitro groups is 1. The van der Waals surface area contributed by atoms with E-state index in [0.717, 1.165) is 0 Å². The van der Waals surface area contributed by atoms with Crippen LogP contribution in [0.5, 0.6) is 0 Å². The number of benzene rings is 1. The molecule has 3 N–H and O–H groups in total. The number of carbonyl (C=O) groups excluding carboxylic acids is 1. The molecular formula is C19H18N4O5. The van der Waals surface area contributed by atoms with Gasteiger partial charge in [-0.1, -0.05) is 26.0 Å². The van der Waals surface area contributed by atoms with Crippen molar-refractivity contribution in [3.63, 3.8) is 0 Å². The number of nitrogens with one attached hydrogen (secondary N) is 3. The summed E-state index contributed by atoms with van der Waals surface area (Å²) in [6.07, 6.45) is 0.850. The maximum Gasteiger partial charge on any atom is 0.327 e. The van der Waals surface area contributed by atoms with Crippen molar-refractivity contribution in [1.82, 2.24) is 9.97 Å². The molecule has 2 heterocycles. The number of anilines is 1. The predicted molar refractivity (Wildman–Crippen MR) is 101 cm³/mol. The van der Waals surface area contributed by atoms with Gasteiger partial charge in [-0.15, -0.1) is 0 Å². The number of fused-ring (bicyclic) bond motifs is 1. The average molecular weight is 382 g/mol. The van der Waals surface area contributed by atoms with Gasteiger partial charge in [-0.2, -0.15) is 0 Å². The molecule has 0 fully saturated rings. The summed E-state index contributed by atoms with van der Waals surface area (Å²) in [7, 11) is 0. The Kier molecular flexibility index (Phi) is 3.84. The van der Waals surface area contributed by atoms with E-state index in [9.17, 15) is 24.5 Å². The molecule has 1 aromatic carbocycles. The summed E-state index contributed by atoms with van der Waals surface area (Å²) in [5, 5.41) is 14.3. The number of non-ortho nitro benzene ring substituents is 1. The average Bonchev–Trinajstić information content (AvgIpc) is 2.58. The van der Waals surface area contributed by atoms with E-state index in [0.29, 0.717) is 29.7 Å². The molecule has 2 aromatic rings. The molecule has 1 aliphatic heterocycles. The van der Waals surface area contributed by atoms with E-state index in [2.05, 4.69) is 15.3 Å². The number of Topliss-reactive ketones (excluding diaryl/α,β-unsaturated/α-hetero) is 1.